The fourth-order valence-electron chi connectivity index (χ4n) is 4.62. The molecule has 0 unspecified atom stereocenters. The van der Waals surface area contributed by atoms with Crippen LogP contribution >= 0.6 is 22.9 Å². The van der Waals surface area contributed by atoms with E-state index in [9.17, 15) is 18.0 Å². The van der Waals surface area contributed by atoms with Crippen LogP contribution in [0.15, 0.2) is 12.3 Å². The van der Waals surface area contributed by atoms with Crippen LogP contribution in [0.4, 0.5) is 13.2 Å². The normalized spacial score (nSPS) is 30.9. The topological polar surface area (TPSA) is 78.3 Å². The molecule has 0 amide bonds. The van der Waals surface area contributed by atoms with E-state index in [1.807, 2.05) is 6.20 Å². The van der Waals surface area contributed by atoms with Gasteiger partial charge in [0.25, 0.3) is 0 Å². The van der Waals surface area contributed by atoms with E-state index in [0.717, 1.165) is 23.4 Å². The van der Waals surface area contributed by atoms with E-state index in [1.54, 1.807) is 17.8 Å². The maximum Gasteiger partial charge on any atom is 0.490 e. The Bertz CT molecular complexity index is 1010. The van der Waals surface area contributed by atoms with Crippen molar-refractivity contribution in [1.29, 1.82) is 0 Å². The number of esters is 1. The van der Waals surface area contributed by atoms with Crippen LogP contribution in [0.2, 0.25) is 4.34 Å². The number of halogens is 4. The van der Waals surface area contributed by atoms with Crippen LogP contribution in [-0.2, 0) is 26.9 Å². The van der Waals surface area contributed by atoms with Gasteiger partial charge in [0.2, 0.25) is 0 Å². The lowest BCUT2D eigenvalue weighted by Crippen LogP contribution is -2.52. The van der Waals surface area contributed by atoms with Gasteiger partial charge in [0, 0.05) is 36.1 Å². The zero-order valence-electron chi connectivity index (χ0n) is 16.5. The van der Waals surface area contributed by atoms with Crippen molar-refractivity contribution in [3.8, 4) is 0 Å². The maximum absolute atomic E-state index is 12.8. The number of ether oxygens (including phenoxy) is 2. The Morgan fingerprint density at radius 1 is 1.42 bits per heavy atom. The molecule has 0 aromatic carbocycles. The molecule has 1 spiro atoms. The van der Waals surface area contributed by atoms with Crippen LogP contribution in [0, 0.1) is 5.92 Å². The summed E-state index contributed by atoms with van der Waals surface area (Å²) in [5, 5.41) is 11.9. The Labute approximate surface area is 184 Å². The van der Waals surface area contributed by atoms with Crippen molar-refractivity contribution < 1.29 is 27.4 Å². The number of piperidine rings is 1. The minimum absolute atomic E-state index is 0.129. The van der Waals surface area contributed by atoms with Crippen LogP contribution in [0.3, 0.4) is 0 Å². The van der Waals surface area contributed by atoms with E-state index in [-0.39, 0.29) is 18.7 Å². The lowest BCUT2D eigenvalue weighted by atomic mass is 9.77. The minimum atomic E-state index is -5.07. The second-order valence-electron chi connectivity index (χ2n) is 8.42. The molecular formula is C19H20ClF3N4O3S. The van der Waals surface area contributed by atoms with E-state index in [4.69, 9.17) is 21.1 Å². The van der Waals surface area contributed by atoms with Crippen molar-refractivity contribution in [3.63, 3.8) is 0 Å². The summed E-state index contributed by atoms with van der Waals surface area (Å²) in [6.07, 6.45) is -0.952. The second-order valence-corrected chi connectivity index (χ2v) is 10.1. The first-order chi connectivity index (χ1) is 14.6. The van der Waals surface area contributed by atoms with Gasteiger partial charge in [0.1, 0.15) is 5.60 Å². The first kappa shape index (κ1) is 21.2. The Kier molecular flexibility index (Phi) is 5.07. The highest BCUT2D eigenvalue weighted by molar-refractivity contribution is 7.16. The van der Waals surface area contributed by atoms with Gasteiger partial charge in [-0.05, 0) is 31.2 Å². The summed E-state index contributed by atoms with van der Waals surface area (Å²) in [5.74, 6) is -1.72. The number of fused-ring (bicyclic) bond motifs is 2. The third-order valence-corrected chi connectivity index (χ3v) is 7.62. The fourth-order valence-corrected chi connectivity index (χ4v) is 6.07. The Hall–Kier alpha value is -1.69. The molecule has 2 aromatic heterocycles. The highest BCUT2D eigenvalue weighted by atomic mass is 35.5. The molecular weight excluding hydrogens is 457 g/mol. The molecule has 7 nitrogen and oxygen atoms in total. The molecule has 4 atom stereocenters. The van der Waals surface area contributed by atoms with Gasteiger partial charge in [-0.25, -0.2) is 4.79 Å². The lowest BCUT2D eigenvalue weighted by Gasteiger charge is -2.47. The number of nitrogens with zero attached hydrogens (tertiary/aromatic N) is 3. The molecule has 31 heavy (non-hydrogen) atoms. The van der Waals surface area contributed by atoms with Crippen LogP contribution in [0.5, 0.6) is 0 Å². The molecule has 12 heteroatoms. The standard InChI is InChI=1S/C19H20ClF3N4O3S/c1-27-7-13(25-26-27)12-6-18(5-11(24-12)9-2-3-9)16-10(4-15(20)31-16)14(8-29-18)30-17(28)19(21,22)23/h4,7,9,11-12,14,24H,2-3,5-6,8H2,1H3/t11-,12+,14-,18+/m1/s1. The number of aromatic nitrogens is 3. The number of carbonyl (C=O) groups is 1. The lowest BCUT2D eigenvalue weighted by molar-refractivity contribution is -0.214. The van der Waals surface area contributed by atoms with E-state index < -0.39 is 23.9 Å². The first-order valence-corrected chi connectivity index (χ1v) is 11.2. The molecule has 1 aliphatic carbocycles. The number of aryl methyl sites for hydroxylation is 1. The van der Waals surface area contributed by atoms with Crippen molar-refractivity contribution in [2.75, 3.05) is 6.61 Å². The van der Waals surface area contributed by atoms with E-state index in [1.165, 1.54) is 11.3 Å². The Morgan fingerprint density at radius 2 is 2.19 bits per heavy atom. The van der Waals surface area contributed by atoms with Gasteiger partial charge in [-0.1, -0.05) is 16.8 Å². The fraction of sp³-hybridized carbons (Fsp3) is 0.632. The number of hydrogen-bond acceptors (Lipinski definition) is 7. The van der Waals surface area contributed by atoms with Gasteiger partial charge in [-0.3, -0.25) is 4.68 Å². The summed E-state index contributed by atoms with van der Waals surface area (Å²) in [4.78, 5) is 12.2. The van der Waals surface area contributed by atoms with Crippen molar-refractivity contribution in [2.45, 2.75) is 55.6 Å². The number of nitrogens with one attached hydrogen (secondary N) is 1. The first-order valence-electron chi connectivity index (χ1n) is 9.98. The number of carbonyl (C=O) groups excluding carboxylic acids is 1. The Morgan fingerprint density at radius 3 is 2.84 bits per heavy atom. The molecule has 2 aromatic rings. The Balaban J connectivity index is 1.49. The average Bonchev–Trinajstić information content (AvgIpc) is 3.34. The quantitative estimate of drug-likeness (QED) is 0.679. The average molecular weight is 477 g/mol. The minimum Gasteiger partial charge on any atom is -0.448 e. The van der Waals surface area contributed by atoms with E-state index >= 15 is 0 Å². The summed E-state index contributed by atoms with van der Waals surface area (Å²) in [7, 11) is 1.79. The monoisotopic (exact) mass is 476 g/mol. The van der Waals surface area contributed by atoms with E-state index in [2.05, 4.69) is 15.6 Å². The number of alkyl halides is 3. The van der Waals surface area contributed by atoms with Crippen LogP contribution < -0.4 is 5.32 Å². The molecule has 0 radical (unpaired) electrons. The largest absolute Gasteiger partial charge is 0.490 e. The number of rotatable bonds is 3. The molecule has 0 bridgehead atoms. The van der Waals surface area contributed by atoms with E-state index in [0.29, 0.717) is 28.7 Å². The molecule has 3 aliphatic rings. The molecule has 4 heterocycles. The highest BCUT2D eigenvalue weighted by Gasteiger charge is 2.53. The van der Waals surface area contributed by atoms with Gasteiger partial charge in [0.15, 0.2) is 6.10 Å². The third-order valence-electron chi connectivity index (χ3n) is 6.15. The molecule has 2 aliphatic heterocycles. The second kappa shape index (κ2) is 7.43. The smallest absolute Gasteiger partial charge is 0.448 e. The molecule has 5 rings (SSSR count). The maximum atomic E-state index is 12.8. The highest BCUT2D eigenvalue weighted by Crippen LogP contribution is 2.54. The van der Waals surface area contributed by atoms with Crippen molar-refractivity contribution in [3.05, 3.63) is 32.7 Å². The number of hydrogen-bond donors (Lipinski definition) is 1. The van der Waals surface area contributed by atoms with Gasteiger partial charge in [-0.15, -0.1) is 16.4 Å². The van der Waals surface area contributed by atoms with Crippen molar-refractivity contribution in [2.24, 2.45) is 13.0 Å². The van der Waals surface area contributed by atoms with Crippen LogP contribution in [-0.4, -0.2) is 39.8 Å². The van der Waals surface area contributed by atoms with Crippen molar-refractivity contribution in [1.82, 2.24) is 20.3 Å². The predicted octanol–water partition coefficient (Wildman–Crippen LogP) is 3.81. The zero-order valence-corrected chi connectivity index (χ0v) is 18.1. The van der Waals surface area contributed by atoms with Crippen molar-refractivity contribution >= 4 is 28.9 Å². The summed E-state index contributed by atoms with van der Waals surface area (Å²) in [6, 6.07) is 1.63. The van der Waals surface area contributed by atoms with Crippen LogP contribution in [0.1, 0.15) is 54.0 Å². The van der Waals surface area contributed by atoms with Gasteiger partial charge in [-0.2, -0.15) is 13.2 Å². The molecule has 1 saturated carbocycles. The summed E-state index contributed by atoms with van der Waals surface area (Å²) >= 11 is 7.54. The van der Waals surface area contributed by atoms with Gasteiger partial charge >= 0.3 is 12.1 Å². The summed E-state index contributed by atoms with van der Waals surface area (Å²) in [5.41, 5.74) is 0.536. The molecule has 1 N–H and O–H groups in total. The van der Waals surface area contributed by atoms with Gasteiger partial charge < -0.3 is 14.8 Å². The van der Waals surface area contributed by atoms with Crippen LogP contribution in [0.25, 0.3) is 0 Å². The third kappa shape index (κ3) is 3.96. The molecule has 2 fully saturated rings. The van der Waals surface area contributed by atoms with Gasteiger partial charge in [0.05, 0.1) is 22.7 Å². The SMILES string of the molecule is Cn1cc([C@@H]2C[C@]3(C[C@H](C4CC4)N2)OC[C@@H](OC(=O)C(F)(F)F)c2cc(Cl)sc23)nn1. The zero-order chi connectivity index (χ0) is 22.0. The summed E-state index contributed by atoms with van der Waals surface area (Å²) in [6.45, 7) is -0.160. The molecule has 1 saturated heterocycles. The molecule has 168 valence electrons. The predicted molar refractivity (Wildman–Crippen MR) is 104 cm³/mol. The summed E-state index contributed by atoms with van der Waals surface area (Å²) < 4.78 is 51.3. The number of thiophene rings is 1.